The Morgan fingerprint density at radius 3 is 2.69 bits per heavy atom. The van der Waals surface area contributed by atoms with Crippen LogP contribution in [0.25, 0.3) is 6.08 Å². The average Bonchev–Trinajstić information content (AvgIpc) is 2.33. The minimum atomic E-state index is 0.786. The van der Waals surface area contributed by atoms with Gasteiger partial charge in [0.15, 0.2) is 0 Å². The summed E-state index contributed by atoms with van der Waals surface area (Å²) in [7, 11) is 0. The molecule has 0 aromatic heterocycles. The van der Waals surface area contributed by atoms with E-state index in [4.69, 9.17) is 0 Å². The molecule has 1 aliphatic rings. The molecule has 1 aromatic rings. The summed E-state index contributed by atoms with van der Waals surface area (Å²) in [6.45, 7) is 2.35. The van der Waals surface area contributed by atoms with E-state index < -0.39 is 0 Å². The van der Waals surface area contributed by atoms with Crippen LogP contribution >= 0.6 is 0 Å². The number of benzene rings is 1. The second kappa shape index (κ2) is 5.69. The Labute approximate surface area is 98.7 Å². The van der Waals surface area contributed by atoms with Crippen molar-refractivity contribution < 1.29 is 0 Å². The number of hydrogen-bond acceptors (Lipinski definition) is 0. The lowest BCUT2D eigenvalue weighted by Gasteiger charge is -2.20. The van der Waals surface area contributed by atoms with Gasteiger partial charge in [-0.25, -0.2) is 0 Å². The summed E-state index contributed by atoms with van der Waals surface area (Å²) in [5.41, 5.74) is 2.90. The van der Waals surface area contributed by atoms with Gasteiger partial charge >= 0.3 is 0 Å². The molecule has 0 radical (unpaired) electrons. The van der Waals surface area contributed by atoms with Crippen LogP contribution in [0.5, 0.6) is 0 Å². The maximum absolute atomic E-state index is 2.35. The predicted molar refractivity (Wildman–Crippen MR) is 71.2 cm³/mol. The van der Waals surface area contributed by atoms with Crippen molar-refractivity contribution in [1.29, 1.82) is 0 Å². The van der Waals surface area contributed by atoms with E-state index in [1.807, 2.05) is 0 Å². The zero-order chi connectivity index (χ0) is 11.2. The van der Waals surface area contributed by atoms with Crippen molar-refractivity contribution in [2.24, 2.45) is 5.92 Å². The third-order valence-electron chi connectivity index (χ3n) is 3.38. The number of hydrogen-bond donors (Lipinski definition) is 0. The van der Waals surface area contributed by atoms with E-state index in [9.17, 15) is 0 Å². The van der Waals surface area contributed by atoms with E-state index >= 15 is 0 Å². The highest BCUT2D eigenvalue weighted by atomic mass is 14.2. The summed E-state index contributed by atoms with van der Waals surface area (Å²) in [5.74, 6) is 0.786. The number of rotatable bonds is 2. The van der Waals surface area contributed by atoms with Gasteiger partial charge in [-0.1, -0.05) is 67.5 Å². The third kappa shape index (κ3) is 3.10. The lowest BCUT2D eigenvalue weighted by molar-refractivity contribution is 0.484. The zero-order valence-corrected chi connectivity index (χ0v) is 10.0. The minimum absolute atomic E-state index is 0.786. The van der Waals surface area contributed by atoms with Crippen molar-refractivity contribution in [3.8, 4) is 0 Å². The van der Waals surface area contributed by atoms with E-state index in [-0.39, 0.29) is 0 Å². The summed E-state index contributed by atoms with van der Waals surface area (Å²) in [6, 6.07) is 10.5. The van der Waals surface area contributed by atoms with Crippen molar-refractivity contribution in [3.63, 3.8) is 0 Å². The van der Waals surface area contributed by atoms with Crippen LogP contribution in [0, 0.1) is 5.92 Å². The quantitative estimate of drug-likeness (QED) is 0.658. The monoisotopic (exact) mass is 212 g/mol. The molecule has 0 aliphatic heterocycles. The maximum atomic E-state index is 2.35. The molecule has 0 bridgehead atoms. The average molecular weight is 212 g/mol. The van der Waals surface area contributed by atoms with Crippen LogP contribution in [0.2, 0.25) is 0 Å². The molecule has 1 aliphatic carbocycles. The Morgan fingerprint density at radius 2 is 1.94 bits per heavy atom. The first-order chi connectivity index (χ1) is 7.86. The molecule has 0 saturated heterocycles. The molecule has 0 N–H and O–H groups in total. The van der Waals surface area contributed by atoms with E-state index in [1.165, 1.54) is 31.2 Å². The molecular formula is C16H20. The Bertz CT molecular complexity index is 370. The summed E-state index contributed by atoms with van der Waals surface area (Å²) in [4.78, 5) is 0. The van der Waals surface area contributed by atoms with Gasteiger partial charge in [0.05, 0.1) is 0 Å². The molecule has 1 unspecified atom stereocenters. The fraction of sp³-hybridized carbons (Fsp3) is 0.375. The predicted octanol–water partition coefficient (Wildman–Crippen LogP) is 4.84. The standard InChI is InChI=1S/C16H20/c1-14-8-5-6-12-16(14)13-7-11-15-9-3-2-4-10-15/h2-4,7,9-11,13-14H,5-6,8,12H2,1H3. The molecule has 16 heavy (non-hydrogen) atoms. The Hall–Kier alpha value is -1.30. The van der Waals surface area contributed by atoms with Crippen LogP contribution in [0.1, 0.15) is 38.2 Å². The molecule has 0 spiro atoms. The molecular weight excluding hydrogens is 192 g/mol. The second-order valence-corrected chi connectivity index (χ2v) is 4.66. The fourth-order valence-electron chi connectivity index (χ4n) is 2.31. The summed E-state index contributed by atoms with van der Waals surface area (Å²) in [6.07, 6.45) is 12.1. The lowest BCUT2D eigenvalue weighted by atomic mass is 9.85. The second-order valence-electron chi connectivity index (χ2n) is 4.66. The van der Waals surface area contributed by atoms with Crippen molar-refractivity contribution >= 4 is 6.08 Å². The van der Waals surface area contributed by atoms with Crippen molar-refractivity contribution in [2.45, 2.75) is 32.6 Å². The van der Waals surface area contributed by atoms with Crippen LogP contribution in [-0.2, 0) is 0 Å². The summed E-state index contributed by atoms with van der Waals surface area (Å²) in [5, 5.41) is 0. The van der Waals surface area contributed by atoms with Crippen molar-refractivity contribution in [1.82, 2.24) is 0 Å². The molecule has 84 valence electrons. The Morgan fingerprint density at radius 1 is 1.12 bits per heavy atom. The summed E-state index contributed by atoms with van der Waals surface area (Å²) < 4.78 is 0. The molecule has 1 atom stereocenters. The molecule has 0 heterocycles. The first kappa shape index (κ1) is 11.2. The topological polar surface area (TPSA) is 0 Å². The van der Waals surface area contributed by atoms with E-state index in [0.717, 1.165) is 5.92 Å². The van der Waals surface area contributed by atoms with Gasteiger partial charge in [-0.2, -0.15) is 0 Å². The fourth-order valence-corrected chi connectivity index (χ4v) is 2.31. The van der Waals surface area contributed by atoms with E-state index in [0.29, 0.717) is 0 Å². The van der Waals surface area contributed by atoms with Gasteiger partial charge in [0.25, 0.3) is 0 Å². The maximum Gasteiger partial charge on any atom is -0.0229 e. The van der Waals surface area contributed by atoms with Gasteiger partial charge in [-0.15, -0.1) is 0 Å². The Balaban J connectivity index is 2.00. The van der Waals surface area contributed by atoms with Gasteiger partial charge in [0.1, 0.15) is 0 Å². The van der Waals surface area contributed by atoms with Gasteiger partial charge in [-0.05, 0) is 30.7 Å². The Kier molecular flexibility index (Phi) is 3.98. The van der Waals surface area contributed by atoms with E-state index in [1.54, 1.807) is 5.57 Å². The highest BCUT2D eigenvalue weighted by Gasteiger charge is 2.12. The van der Waals surface area contributed by atoms with Crippen LogP contribution < -0.4 is 0 Å². The molecule has 1 aromatic carbocycles. The first-order valence-electron chi connectivity index (χ1n) is 6.28. The molecule has 0 nitrogen and oxygen atoms in total. The highest BCUT2D eigenvalue weighted by Crippen LogP contribution is 2.28. The largest absolute Gasteiger partial charge is 0.0674 e. The molecule has 1 saturated carbocycles. The summed E-state index contributed by atoms with van der Waals surface area (Å²) >= 11 is 0. The minimum Gasteiger partial charge on any atom is -0.0674 e. The van der Waals surface area contributed by atoms with Crippen LogP contribution in [-0.4, -0.2) is 0 Å². The van der Waals surface area contributed by atoms with Crippen molar-refractivity contribution in [3.05, 3.63) is 53.6 Å². The van der Waals surface area contributed by atoms with Gasteiger partial charge in [0.2, 0.25) is 0 Å². The van der Waals surface area contributed by atoms with Gasteiger partial charge < -0.3 is 0 Å². The normalized spacial score (nSPS) is 24.1. The van der Waals surface area contributed by atoms with Crippen LogP contribution in [0.4, 0.5) is 0 Å². The smallest absolute Gasteiger partial charge is 0.0229 e. The molecule has 2 rings (SSSR count). The van der Waals surface area contributed by atoms with Crippen molar-refractivity contribution in [2.75, 3.05) is 0 Å². The van der Waals surface area contributed by atoms with Crippen LogP contribution in [0.15, 0.2) is 48.1 Å². The zero-order valence-electron chi connectivity index (χ0n) is 10.0. The molecule has 0 heteroatoms. The van der Waals surface area contributed by atoms with Gasteiger partial charge in [-0.3, -0.25) is 0 Å². The van der Waals surface area contributed by atoms with Gasteiger partial charge in [0, 0.05) is 0 Å². The lowest BCUT2D eigenvalue weighted by Crippen LogP contribution is -2.05. The van der Waals surface area contributed by atoms with E-state index in [2.05, 4.69) is 55.5 Å². The highest BCUT2D eigenvalue weighted by molar-refractivity contribution is 5.51. The molecule has 1 fully saturated rings. The first-order valence-corrected chi connectivity index (χ1v) is 6.28. The van der Waals surface area contributed by atoms with Crippen LogP contribution in [0.3, 0.4) is 0 Å². The third-order valence-corrected chi connectivity index (χ3v) is 3.38. The molecule has 0 amide bonds. The number of allylic oxidation sites excluding steroid dienone is 3. The SMILES string of the molecule is CC1CCCCC1=CC=Cc1ccccc1.